The van der Waals surface area contributed by atoms with Crippen LogP contribution in [0.2, 0.25) is 0 Å². The summed E-state index contributed by atoms with van der Waals surface area (Å²) < 4.78 is 42.3. The first-order valence-electron chi connectivity index (χ1n) is 2.89. The Labute approximate surface area is 69.6 Å². The van der Waals surface area contributed by atoms with Gasteiger partial charge in [0.1, 0.15) is 0 Å². The number of hydrogen-bond acceptors (Lipinski definition) is 2. The fraction of sp³-hybridized carbons (Fsp3) is 1.00. The first-order chi connectivity index (χ1) is 4.87. The van der Waals surface area contributed by atoms with Crippen molar-refractivity contribution in [2.75, 3.05) is 0 Å². The van der Waals surface area contributed by atoms with Crippen LogP contribution in [-0.4, -0.2) is 24.6 Å². The van der Waals surface area contributed by atoms with Crippen LogP contribution in [0.4, 0.5) is 4.39 Å². The largest absolute Gasteiger partial charge is 0.333 e. The molecule has 0 spiro atoms. The molecule has 0 fully saturated rings. The van der Waals surface area contributed by atoms with Gasteiger partial charge >= 0.3 is 10.3 Å². The molecule has 0 amide bonds. The molecule has 0 aromatic heterocycles. The second-order valence-electron chi connectivity index (χ2n) is 1.94. The summed E-state index contributed by atoms with van der Waals surface area (Å²) in [7, 11) is -4.35. The summed E-state index contributed by atoms with van der Waals surface area (Å²) in [6.45, 7) is 1.54. The third kappa shape index (κ3) is 5.37. The summed E-state index contributed by atoms with van der Waals surface area (Å²) in [6, 6.07) is -1.08. The number of halogens is 2. The molecule has 0 aliphatic heterocycles. The molecule has 4 nitrogen and oxygen atoms in total. The molecule has 0 aromatic carbocycles. The van der Waals surface area contributed by atoms with Gasteiger partial charge in [-0.25, -0.2) is 4.39 Å². The van der Waals surface area contributed by atoms with Crippen LogP contribution < -0.4 is 4.72 Å². The second kappa shape index (κ2) is 4.20. The Bertz CT molecular complexity index is 205. The Morgan fingerprint density at radius 2 is 2.18 bits per heavy atom. The van der Waals surface area contributed by atoms with Crippen molar-refractivity contribution in [3.05, 3.63) is 0 Å². The summed E-state index contributed by atoms with van der Waals surface area (Å²) in [5.74, 6) is 0. The van der Waals surface area contributed by atoms with E-state index < -0.39 is 22.0 Å². The van der Waals surface area contributed by atoms with Gasteiger partial charge in [0.2, 0.25) is 0 Å². The summed E-state index contributed by atoms with van der Waals surface area (Å²) in [5.41, 5.74) is -1.83. The topological polar surface area (TPSA) is 66.4 Å². The fourth-order valence-electron chi connectivity index (χ4n) is 0.504. The Morgan fingerprint density at radius 3 is 2.27 bits per heavy atom. The van der Waals surface area contributed by atoms with E-state index in [9.17, 15) is 12.8 Å². The molecule has 0 saturated heterocycles. The van der Waals surface area contributed by atoms with Crippen LogP contribution in [-0.2, 0) is 10.3 Å². The zero-order valence-electron chi connectivity index (χ0n) is 5.79. The van der Waals surface area contributed by atoms with E-state index in [1.54, 1.807) is 4.72 Å². The standard InChI is InChI=1S/C4H9ClFNO3S/c1-2-3(4(5)6)7-11(8,9)10/h3-4,7H,2H2,1H3,(H,8,9,10). The van der Waals surface area contributed by atoms with Gasteiger partial charge in [-0.1, -0.05) is 18.5 Å². The van der Waals surface area contributed by atoms with Crippen LogP contribution in [0.5, 0.6) is 0 Å². The minimum atomic E-state index is -4.35. The van der Waals surface area contributed by atoms with Crippen LogP contribution in [0.25, 0.3) is 0 Å². The van der Waals surface area contributed by atoms with Gasteiger partial charge in [0.15, 0.2) is 5.63 Å². The highest BCUT2D eigenvalue weighted by molar-refractivity contribution is 7.83. The lowest BCUT2D eigenvalue weighted by Gasteiger charge is -2.13. The Morgan fingerprint density at radius 1 is 1.73 bits per heavy atom. The van der Waals surface area contributed by atoms with E-state index in [0.29, 0.717) is 0 Å². The fourth-order valence-corrected chi connectivity index (χ4v) is 1.49. The number of hydrogen-bond donors (Lipinski definition) is 2. The van der Waals surface area contributed by atoms with Crippen molar-refractivity contribution < 1.29 is 17.4 Å². The van der Waals surface area contributed by atoms with E-state index in [1.165, 1.54) is 6.92 Å². The Balaban J connectivity index is 4.10. The summed E-state index contributed by atoms with van der Waals surface area (Å²) in [4.78, 5) is 0. The zero-order chi connectivity index (χ0) is 9.07. The van der Waals surface area contributed by atoms with Crippen molar-refractivity contribution in [3.8, 4) is 0 Å². The van der Waals surface area contributed by atoms with Crippen molar-refractivity contribution in [3.63, 3.8) is 0 Å². The molecule has 0 aromatic rings. The average Bonchev–Trinajstić information content (AvgIpc) is 1.80. The lowest BCUT2D eigenvalue weighted by atomic mass is 10.3. The maximum absolute atomic E-state index is 12.2. The Kier molecular flexibility index (Phi) is 4.23. The molecule has 2 atom stereocenters. The molecule has 0 rings (SSSR count). The van der Waals surface area contributed by atoms with Gasteiger partial charge in [0.25, 0.3) is 0 Å². The molecule has 0 heterocycles. The number of alkyl halides is 2. The lowest BCUT2D eigenvalue weighted by Crippen LogP contribution is -2.38. The minimum absolute atomic E-state index is 0.171. The molecular weight excluding hydrogens is 197 g/mol. The van der Waals surface area contributed by atoms with E-state index in [-0.39, 0.29) is 6.42 Å². The van der Waals surface area contributed by atoms with Crippen LogP contribution in [0.3, 0.4) is 0 Å². The van der Waals surface area contributed by atoms with Gasteiger partial charge in [-0.2, -0.15) is 13.1 Å². The summed E-state index contributed by atoms with van der Waals surface area (Å²) >= 11 is 4.95. The molecule has 68 valence electrons. The van der Waals surface area contributed by atoms with Crippen LogP contribution in [0.1, 0.15) is 13.3 Å². The van der Waals surface area contributed by atoms with Gasteiger partial charge in [0.05, 0.1) is 6.04 Å². The zero-order valence-corrected chi connectivity index (χ0v) is 7.36. The molecule has 2 N–H and O–H groups in total. The Hall–Kier alpha value is 0.0900. The monoisotopic (exact) mass is 205 g/mol. The molecule has 11 heavy (non-hydrogen) atoms. The van der Waals surface area contributed by atoms with Crippen molar-refractivity contribution in [1.29, 1.82) is 0 Å². The van der Waals surface area contributed by atoms with E-state index in [0.717, 1.165) is 0 Å². The molecular formula is C4H9ClFNO3S. The predicted octanol–water partition coefficient (Wildman–Crippen LogP) is 0.692. The van der Waals surface area contributed by atoms with Gasteiger partial charge in [0, 0.05) is 0 Å². The highest BCUT2D eigenvalue weighted by Crippen LogP contribution is 2.08. The highest BCUT2D eigenvalue weighted by atomic mass is 35.5. The van der Waals surface area contributed by atoms with E-state index in [2.05, 4.69) is 0 Å². The molecule has 0 aliphatic rings. The van der Waals surface area contributed by atoms with Crippen molar-refractivity contribution in [1.82, 2.24) is 4.72 Å². The maximum atomic E-state index is 12.2. The molecule has 7 heteroatoms. The highest BCUT2D eigenvalue weighted by Gasteiger charge is 2.20. The SMILES string of the molecule is CCC(NS(=O)(=O)O)C(F)Cl. The van der Waals surface area contributed by atoms with E-state index >= 15 is 0 Å². The maximum Gasteiger partial charge on any atom is 0.333 e. The quantitative estimate of drug-likeness (QED) is 0.524. The molecule has 2 unspecified atom stereocenters. The summed E-state index contributed by atoms with van der Waals surface area (Å²) in [5, 5.41) is 0. The molecule has 0 radical (unpaired) electrons. The third-order valence-electron chi connectivity index (χ3n) is 1.04. The third-order valence-corrected chi connectivity index (χ3v) is 1.95. The number of nitrogens with one attached hydrogen (secondary N) is 1. The minimum Gasteiger partial charge on any atom is -0.273 e. The van der Waals surface area contributed by atoms with Crippen LogP contribution >= 0.6 is 11.6 Å². The van der Waals surface area contributed by atoms with Gasteiger partial charge in [-0.15, -0.1) is 0 Å². The lowest BCUT2D eigenvalue weighted by molar-refractivity contribution is 0.343. The van der Waals surface area contributed by atoms with E-state index in [4.69, 9.17) is 16.2 Å². The molecule has 0 aliphatic carbocycles. The van der Waals surface area contributed by atoms with Crippen molar-refractivity contribution in [2.24, 2.45) is 0 Å². The van der Waals surface area contributed by atoms with Crippen LogP contribution in [0, 0.1) is 0 Å². The number of rotatable bonds is 4. The van der Waals surface area contributed by atoms with Crippen LogP contribution in [0.15, 0.2) is 0 Å². The second-order valence-corrected chi connectivity index (χ2v) is 3.54. The van der Waals surface area contributed by atoms with Crippen molar-refractivity contribution >= 4 is 21.9 Å². The molecule has 0 saturated carbocycles. The summed E-state index contributed by atoms with van der Waals surface area (Å²) in [6.07, 6.45) is 0.171. The van der Waals surface area contributed by atoms with Crippen molar-refractivity contribution in [2.45, 2.75) is 25.0 Å². The van der Waals surface area contributed by atoms with Gasteiger partial charge in [-0.3, -0.25) is 4.55 Å². The normalized spacial score (nSPS) is 17.8. The smallest absolute Gasteiger partial charge is 0.273 e. The molecule has 0 bridgehead atoms. The van der Waals surface area contributed by atoms with Gasteiger partial charge in [-0.05, 0) is 6.42 Å². The first-order valence-corrected chi connectivity index (χ1v) is 4.77. The predicted molar refractivity (Wildman–Crippen MR) is 39.5 cm³/mol. The van der Waals surface area contributed by atoms with E-state index in [1.807, 2.05) is 0 Å². The average molecular weight is 206 g/mol. The van der Waals surface area contributed by atoms with Gasteiger partial charge < -0.3 is 0 Å². The first kappa shape index (κ1) is 11.1.